The second kappa shape index (κ2) is 8.80. The van der Waals surface area contributed by atoms with Crippen molar-refractivity contribution in [1.82, 2.24) is 0 Å². The first-order chi connectivity index (χ1) is 14.6. The summed E-state index contributed by atoms with van der Waals surface area (Å²) in [4.78, 5) is 12.5. The fourth-order valence-electron chi connectivity index (χ4n) is 2.95. The van der Waals surface area contributed by atoms with Crippen LogP contribution in [0.2, 0.25) is 0 Å². The van der Waals surface area contributed by atoms with E-state index in [4.69, 9.17) is 4.74 Å². The molecule has 0 unspecified atom stereocenters. The molecule has 0 aromatic heterocycles. The van der Waals surface area contributed by atoms with Crippen molar-refractivity contribution in [2.75, 3.05) is 12.9 Å². The molecular formula is C21H17F3O5S2. The van der Waals surface area contributed by atoms with E-state index in [1.165, 1.54) is 12.1 Å². The molecule has 0 fully saturated rings. The number of carbonyl (C=O) groups excluding carboxylic acids is 1. The first kappa shape index (κ1) is 23.0. The lowest BCUT2D eigenvalue weighted by Crippen LogP contribution is -2.28. The van der Waals surface area contributed by atoms with E-state index in [0.717, 1.165) is 17.3 Å². The van der Waals surface area contributed by atoms with Crippen LogP contribution in [0, 0.1) is 0 Å². The minimum absolute atomic E-state index is 0.140. The minimum Gasteiger partial charge on any atom is -0.462 e. The monoisotopic (exact) mass is 470 g/mol. The molecule has 0 heterocycles. The summed E-state index contributed by atoms with van der Waals surface area (Å²) in [5.74, 6) is -1.08. The molecule has 0 saturated carbocycles. The van der Waals surface area contributed by atoms with E-state index in [0.29, 0.717) is 16.3 Å². The van der Waals surface area contributed by atoms with Gasteiger partial charge in [-0.2, -0.15) is 21.6 Å². The van der Waals surface area contributed by atoms with Crippen LogP contribution >= 0.6 is 11.8 Å². The summed E-state index contributed by atoms with van der Waals surface area (Å²) in [5, 5.41) is 0.940. The van der Waals surface area contributed by atoms with Gasteiger partial charge in [0, 0.05) is 0 Å². The van der Waals surface area contributed by atoms with Gasteiger partial charge in [-0.05, 0) is 59.3 Å². The Kier molecular flexibility index (Phi) is 6.51. The van der Waals surface area contributed by atoms with Crippen LogP contribution in [0.5, 0.6) is 5.75 Å². The lowest BCUT2D eigenvalue weighted by atomic mass is 9.95. The maximum atomic E-state index is 12.8. The molecule has 3 aromatic rings. The van der Waals surface area contributed by atoms with Crippen molar-refractivity contribution >= 4 is 38.6 Å². The van der Waals surface area contributed by atoms with Crippen LogP contribution in [0.1, 0.15) is 17.3 Å². The summed E-state index contributed by atoms with van der Waals surface area (Å²) >= 11 is 1.04. The number of alkyl halides is 3. The maximum Gasteiger partial charge on any atom is 0.534 e. The fraction of sp³-hybridized carbons (Fsp3) is 0.190. The summed E-state index contributed by atoms with van der Waals surface area (Å²) in [6, 6.07) is 14.9. The standard InChI is InChI=1S/C21H17F3O5S2/c1-3-28-20(25)15-9-14-11-18(29-31(26,27)21(22,23)24)19(30-2)12-17(14)16(10-15)13-7-5-4-6-8-13/h4-12H,3H2,1-2H3. The van der Waals surface area contributed by atoms with Crippen LogP contribution in [-0.4, -0.2) is 32.8 Å². The van der Waals surface area contributed by atoms with E-state index >= 15 is 0 Å². The number of hydrogen-bond donors (Lipinski definition) is 0. The van der Waals surface area contributed by atoms with E-state index in [9.17, 15) is 26.4 Å². The van der Waals surface area contributed by atoms with Crippen LogP contribution in [0.4, 0.5) is 13.2 Å². The minimum atomic E-state index is -5.85. The molecule has 5 nitrogen and oxygen atoms in total. The average Bonchev–Trinajstić information content (AvgIpc) is 2.72. The van der Waals surface area contributed by atoms with Crippen molar-refractivity contribution in [3.05, 3.63) is 60.2 Å². The Morgan fingerprint density at radius 1 is 1.06 bits per heavy atom. The number of fused-ring (bicyclic) bond motifs is 1. The normalized spacial score (nSPS) is 12.0. The van der Waals surface area contributed by atoms with Crippen LogP contribution in [0.15, 0.2) is 59.5 Å². The molecule has 0 spiro atoms. The number of carbonyl (C=O) groups is 1. The molecule has 3 rings (SSSR count). The number of halogens is 3. The lowest BCUT2D eigenvalue weighted by Gasteiger charge is -2.16. The zero-order valence-corrected chi connectivity index (χ0v) is 18.0. The van der Waals surface area contributed by atoms with Gasteiger partial charge in [-0.25, -0.2) is 4.79 Å². The van der Waals surface area contributed by atoms with Gasteiger partial charge in [-0.3, -0.25) is 0 Å². The third-order valence-electron chi connectivity index (χ3n) is 4.32. The molecule has 31 heavy (non-hydrogen) atoms. The van der Waals surface area contributed by atoms with Crippen molar-refractivity contribution in [1.29, 1.82) is 0 Å². The van der Waals surface area contributed by atoms with Gasteiger partial charge >= 0.3 is 21.6 Å². The van der Waals surface area contributed by atoms with E-state index in [1.54, 1.807) is 37.4 Å². The van der Waals surface area contributed by atoms with Gasteiger partial charge in [0.1, 0.15) is 0 Å². The van der Waals surface area contributed by atoms with Crippen LogP contribution in [0.3, 0.4) is 0 Å². The molecule has 0 aliphatic carbocycles. The van der Waals surface area contributed by atoms with Gasteiger partial charge in [0.25, 0.3) is 0 Å². The highest BCUT2D eigenvalue weighted by Gasteiger charge is 2.48. The smallest absolute Gasteiger partial charge is 0.462 e. The Balaban J connectivity index is 2.28. The molecule has 10 heteroatoms. The molecule has 0 radical (unpaired) electrons. The zero-order valence-electron chi connectivity index (χ0n) is 16.4. The Hall–Kier alpha value is -2.72. The van der Waals surface area contributed by atoms with E-state index in [-0.39, 0.29) is 17.1 Å². The quantitative estimate of drug-likeness (QED) is 0.201. The third kappa shape index (κ3) is 4.80. The highest BCUT2D eigenvalue weighted by molar-refractivity contribution is 7.98. The Morgan fingerprint density at radius 2 is 1.74 bits per heavy atom. The number of esters is 1. The van der Waals surface area contributed by atoms with Gasteiger partial charge in [-0.1, -0.05) is 30.3 Å². The summed E-state index contributed by atoms with van der Waals surface area (Å²) in [6.07, 6.45) is 1.59. The fourth-order valence-corrected chi connectivity index (χ4v) is 4.01. The Labute approximate surface area is 181 Å². The molecule has 0 N–H and O–H groups in total. The largest absolute Gasteiger partial charge is 0.534 e. The first-order valence-corrected chi connectivity index (χ1v) is 11.6. The molecule has 0 atom stereocenters. The summed E-state index contributed by atoms with van der Waals surface area (Å²) in [6.45, 7) is 1.79. The highest BCUT2D eigenvalue weighted by Crippen LogP contribution is 2.40. The average molecular weight is 470 g/mol. The summed E-state index contributed by atoms with van der Waals surface area (Å²) < 4.78 is 71.0. The third-order valence-corrected chi connectivity index (χ3v) is 6.04. The molecule has 0 saturated heterocycles. The lowest BCUT2D eigenvalue weighted by molar-refractivity contribution is -0.0500. The topological polar surface area (TPSA) is 69.7 Å². The van der Waals surface area contributed by atoms with Crippen molar-refractivity contribution in [3.63, 3.8) is 0 Å². The molecule has 3 aromatic carbocycles. The highest BCUT2D eigenvalue weighted by atomic mass is 32.2. The summed E-state index contributed by atoms with van der Waals surface area (Å²) in [7, 11) is -5.85. The zero-order chi connectivity index (χ0) is 22.8. The van der Waals surface area contributed by atoms with Gasteiger partial charge in [0.05, 0.1) is 17.1 Å². The number of hydrogen-bond acceptors (Lipinski definition) is 6. The molecule has 0 bridgehead atoms. The Morgan fingerprint density at radius 3 is 2.32 bits per heavy atom. The SMILES string of the molecule is CCOC(=O)c1cc(-c2ccccc2)c2cc(SC)c(OS(=O)(=O)C(F)(F)F)cc2c1. The van der Waals surface area contributed by atoms with Crippen molar-refractivity contribution < 1.29 is 35.3 Å². The number of rotatable bonds is 6. The molecule has 0 aliphatic rings. The van der Waals surface area contributed by atoms with Crippen molar-refractivity contribution in [2.45, 2.75) is 17.3 Å². The maximum absolute atomic E-state index is 12.8. The van der Waals surface area contributed by atoms with Crippen LogP contribution < -0.4 is 4.18 Å². The number of ether oxygens (including phenoxy) is 1. The van der Waals surface area contributed by atoms with E-state index < -0.39 is 27.3 Å². The van der Waals surface area contributed by atoms with Crippen LogP contribution in [0.25, 0.3) is 21.9 Å². The van der Waals surface area contributed by atoms with Gasteiger partial charge in [-0.15, -0.1) is 11.8 Å². The molecule has 164 valence electrons. The predicted molar refractivity (Wildman–Crippen MR) is 113 cm³/mol. The molecular weight excluding hydrogens is 453 g/mol. The second-order valence-electron chi connectivity index (χ2n) is 6.32. The Bertz CT molecular complexity index is 1220. The molecule has 0 aliphatic heterocycles. The predicted octanol–water partition coefficient (Wildman–Crippen LogP) is 5.63. The second-order valence-corrected chi connectivity index (χ2v) is 8.70. The van der Waals surface area contributed by atoms with Crippen molar-refractivity contribution in [2.24, 2.45) is 0 Å². The van der Waals surface area contributed by atoms with Crippen molar-refractivity contribution in [3.8, 4) is 16.9 Å². The number of thioether (sulfide) groups is 1. The summed E-state index contributed by atoms with van der Waals surface area (Å²) in [5.41, 5.74) is -3.99. The van der Waals surface area contributed by atoms with E-state index in [2.05, 4.69) is 4.18 Å². The number of benzene rings is 3. The van der Waals surface area contributed by atoms with Crippen LogP contribution in [-0.2, 0) is 14.9 Å². The van der Waals surface area contributed by atoms with Gasteiger partial charge in [0.2, 0.25) is 0 Å². The first-order valence-electron chi connectivity index (χ1n) is 8.96. The van der Waals surface area contributed by atoms with Gasteiger partial charge in [0.15, 0.2) is 5.75 Å². The molecule has 0 amide bonds. The van der Waals surface area contributed by atoms with Gasteiger partial charge < -0.3 is 8.92 Å². The van der Waals surface area contributed by atoms with E-state index in [1.807, 2.05) is 18.2 Å².